The molecule has 10 heteroatoms. The van der Waals surface area contributed by atoms with Crippen molar-refractivity contribution in [3.8, 4) is 0 Å². The summed E-state index contributed by atoms with van der Waals surface area (Å²) in [5, 5.41) is 7.36. The zero-order chi connectivity index (χ0) is 32.7. The van der Waals surface area contributed by atoms with Gasteiger partial charge in [0.25, 0.3) is 0 Å². The summed E-state index contributed by atoms with van der Waals surface area (Å²) in [6, 6.07) is 17.2. The summed E-state index contributed by atoms with van der Waals surface area (Å²) < 4.78 is 27.4. The number of carbonyl (C=O) groups is 1. The van der Waals surface area contributed by atoms with Gasteiger partial charge in [-0.25, -0.2) is 8.42 Å². The largest absolute Gasteiger partial charge is 0.371 e. The minimum atomic E-state index is -3.56. The van der Waals surface area contributed by atoms with Crippen molar-refractivity contribution >= 4 is 21.4 Å². The lowest BCUT2D eigenvalue weighted by molar-refractivity contribution is -0.120. The zero-order valence-corrected chi connectivity index (χ0v) is 28.9. The van der Waals surface area contributed by atoms with Gasteiger partial charge < -0.3 is 15.1 Å². The highest BCUT2D eigenvalue weighted by molar-refractivity contribution is 7.91. The molecule has 4 atom stereocenters. The van der Waals surface area contributed by atoms with Gasteiger partial charge in [-0.2, -0.15) is 5.10 Å². The minimum Gasteiger partial charge on any atom is -0.371 e. The average molecular weight is 659 g/mol. The SMILES string of the molecule is CCN1Cc2ccccc2C(C2CCN(CC3CN(c4ccc(S(=O)(=O)c5cnn(C)c5)cc4)C3)CC2)C1[C@H]1CCC[C@@H]1NC(C)=O. The smallest absolute Gasteiger partial charge is 0.217 e. The Kier molecular flexibility index (Phi) is 9.19. The number of likely N-dealkylation sites (N-methyl/N-ethyl adjacent to an activating group) is 1. The number of likely N-dealkylation sites (tertiary alicyclic amines) is 1. The first-order chi connectivity index (χ1) is 22.7. The van der Waals surface area contributed by atoms with E-state index >= 15 is 0 Å². The Balaban J connectivity index is 0.973. The van der Waals surface area contributed by atoms with Gasteiger partial charge in [0.05, 0.1) is 11.1 Å². The van der Waals surface area contributed by atoms with Crippen molar-refractivity contribution in [2.24, 2.45) is 24.8 Å². The standard InChI is InChI=1S/C37H50N6O3S/c1-4-42-24-29-8-5-6-9-33(29)36(37(42)34-10-7-11-35(34)39-26(2)44)28-16-18-41(19-17-28)21-27-22-43(23-27)30-12-14-31(15-13-30)47(45,46)32-20-38-40(3)25-32/h5-6,8-9,12-15,20,25,27-28,34-37H,4,7,10-11,16-19,21-24H2,1-3H3,(H,39,44)/t34-,35-,36?,37?/m0/s1. The number of sulfone groups is 1. The number of hydrogen-bond donors (Lipinski definition) is 1. The van der Waals surface area contributed by atoms with Gasteiger partial charge in [0, 0.05) is 76.0 Å². The van der Waals surface area contributed by atoms with Crippen LogP contribution in [0.1, 0.15) is 63.0 Å². The Hall–Kier alpha value is -3.21. The molecule has 1 amide bonds. The van der Waals surface area contributed by atoms with E-state index in [1.807, 2.05) is 12.1 Å². The number of anilines is 1. The number of nitrogens with one attached hydrogen (secondary N) is 1. The van der Waals surface area contributed by atoms with E-state index in [4.69, 9.17) is 0 Å². The number of hydrogen-bond acceptors (Lipinski definition) is 7. The summed E-state index contributed by atoms with van der Waals surface area (Å²) >= 11 is 0. The monoisotopic (exact) mass is 658 g/mol. The highest BCUT2D eigenvalue weighted by Gasteiger charge is 2.47. The molecular weight excluding hydrogens is 609 g/mol. The van der Waals surface area contributed by atoms with Crippen molar-refractivity contribution in [1.29, 1.82) is 0 Å². The summed E-state index contributed by atoms with van der Waals surface area (Å²) in [7, 11) is -1.84. The number of nitrogens with zero attached hydrogens (tertiary/aromatic N) is 5. The highest BCUT2D eigenvalue weighted by atomic mass is 32.2. The quantitative estimate of drug-likeness (QED) is 0.357. The van der Waals surface area contributed by atoms with Crippen LogP contribution in [-0.4, -0.2) is 85.3 Å². The van der Waals surface area contributed by atoms with Gasteiger partial charge >= 0.3 is 0 Å². The number of aryl methyl sites for hydroxylation is 1. The molecule has 0 spiro atoms. The van der Waals surface area contributed by atoms with Gasteiger partial charge in [-0.1, -0.05) is 37.6 Å². The van der Waals surface area contributed by atoms with Gasteiger partial charge in [-0.05, 0) is 92.5 Å². The number of benzene rings is 2. The molecule has 1 aliphatic carbocycles. The van der Waals surface area contributed by atoms with Gasteiger partial charge in [0.2, 0.25) is 15.7 Å². The second-order valence-electron chi connectivity index (χ2n) is 14.4. The second kappa shape index (κ2) is 13.4. The molecule has 1 aromatic heterocycles. The van der Waals surface area contributed by atoms with E-state index in [1.54, 1.807) is 31.7 Å². The van der Waals surface area contributed by atoms with Crippen LogP contribution in [0, 0.1) is 17.8 Å². The Labute approximate surface area is 280 Å². The number of piperidine rings is 1. The third kappa shape index (κ3) is 6.48. The number of amides is 1. The fourth-order valence-electron chi connectivity index (χ4n) is 9.23. The van der Waals surface area contributed by atoms with Crippen LogP contribution < -0.4 is 10.2 Å². The number of fused-ring (bicyclic) bond motifs is 1. The molecule has 4 aliphatic rings. The van der Waals surface area contributed by atoms with Crippen LogP contribution in [0.4, 0.5) is 5.69 Å². The Bertz CT molecular complexity index is 1660. The molecule has 0 bridgehead atoms. The molecule has 1 saturated carbocycles. The van der Waals surface area contributed by atoms with E-state index in [9.17, 15) is 13.2 Å². The Morgan fingerprint density at radius 1 is 0.979 bits per heavy atom. The molecular formula is C37H50N6O3S. The fourth-order valence-corrected chi connectivity index (χ4v) is 10.5. The summed E-state index contributed by atoms with van der Waals surface area (Å²) in [4.78, 5) is 20.4. The first-order valence-electron chi connectivity index (χ1n) is 17.6. The normalized spacial score (nSPS) is 26.2. The minimum absolute atomic E-state index is 0.103. The van der Waals surface area contributed by atoms with E-state index in [0.29, 0.717) is 34.6 Å². The molecule has 47 heavy (non-hydrogen) atoms. The maximum absolute atomic E-state index is 12.9. The first-order valence-corrected chi connectivity index (χ1v) is 19.1. The van der Waals surface area contributed by atoms with Crippen molar-refractivity contribution in [3.63, 3.8) is 0 Å². The lowest BCUT2D eigenvalue weighted by Gasteiger charge is -2.51. The molecule has 7 rings (SSSR count). The highest BCUT2D eigenvalue weighted by Crippen LogP contribution is 2.48. The van der Waals surface area contributed by atoms with E-state index < -0.39 is 9.84 Å². The molecule has 3 fully saturated rings. The maximum Gasteiger partial charge on any atom is 0.217 e. The molecule has 2 aromatic carbocycles. The molecule has 3 aliphatic heterocycles. The van der Waals surface area contributed by atoms with Gasteiger partial charge in [-0.3, -0.25) is 14.4 Å². The van der Waals surface area contributed by atoms with Crippen LogP contribution in [0.5, 0.6) is 0 Å². The van der Waals surface area contributed by atoms with Crippen molar-refractivity contribution in [3.05, 3.63) is 72.1 Å². The molecule has 252 valence electrons. The summed E-state index contributed by atoms with van der Waals surface area (Å²) in [6.45, 7) is 11.4. The maximum atomic E-state index is 12.9. The summed E-state index contributed by atoms with van der Waals surface area (Å²) in [6.07, 6.45) is 8.86. The molecule has 1 N–H and O–H groups in total. The molecule has 2 unspecified atom stereocenters. The molecule has 9 nitrogen and oxygen atoms in total. The topological polar surface area (TPSA) is 90.8 Å². The number of carbonyl (C=O) groups excluding carboxylic acids is 1. The van der Waals surface area contributed by atoms with E-state index in [1.165, 1.54) is 48.3 Å². The predicted molar refractivity (Wildman–Crippen MR) is 184 cm³/mol. The molecule has 2 saturated heterocycles. The van der Waals surface area contributed by atoms with E-state index in [2.05, 4.69) is 56.3 Å². The van der Waals surface area contributed by atoms with Crippen molar-refractivity contribution < 1.29 is 13.2 Å². The van der Waals surface area contributed by atoms with Crippen molar-refractivity contribution in [1.82, 2.24) is 24.9 Å². The summed E-state index contributed by atoms with van der Waals surface area (Å²) in [5.41, 5.74) is 4.13. The van der Waals surface area contributed by atoms with Crippen molar-refractivity contribution in [2.45, 2.75) is 80.3 Å². The first kappa shape index (κ1) is 32.3. The van der Waals surface area contributed by atoms with Crippen LogP contribution in [0.2, 0.25) is 0 Å². The fraction of sp³-hybridized carbons (Fsp3) is 0.568. The number of aromatic nitrogens is 2. The van der Waals surface area contributed by atoms with Crippen LogP contribution in [-0.2, 0) is 28.2 Å². The van der Waals surface area contributed by atoms with Gasteiger partial charge in [0.1, 0.15) is 4.90 Å². The third-order valence-electron chi connectivity index (χ3n) is 11.5. The van der Waals surface area contributed by atoms with E-state index in [-0.39, 0.29) is 16.8 Å². The second-order valence-corrected chi connectivity index (χ2v) is 16.4. The van der Waals surface area contributed by atoms with Crippen LogP contribution in [0.15, 0.2) is 70.7 Å². The molecule has 4 heterocycles. The van der Waals surface area contributed by atoms with Crippen LogP contribution in [0.3, 0.4) is 0 Å². The summed E-state index contributed by atoms with van der Waals surface area (Å²) in [5.74, 6) is 2.38. The lowest BCUT2D eigenvalue weighted by atomic mass is 9.67. The predicted octanol–water partition coefficient (Wildman–Crippen LogP) is 4.69. The number of rotatable bonds is 9. The Morgan fingerprint density at radius 3 is 2.40 bits per heavy atom. The Morgan fingerprint density at radius 2 is 1.72 bits per heavy atom. The van der Waals surface area contributed by atoms with Crippen molar-refractivity contribution in [2.75, 3.05) is 44.2 Å². The van der Waals surface area contributed by atoms with Gasteiger partial charge in [0.15, 0.2) is 0 Å². The average Bonchev–Trinajstić information content (AvgIpc) is 3.71. The molecule has 0 radical (unpaired) electrons. The van der Waals surface area contributed by atoms with E-state index in [0.717, 1.165) is 57.9 Å². The molecule has 3 aromatic rings. The third-order valence-corrected chi connectivity index (χ3v) is 13.2. The zero-order valence-electron chi connectivity index (χ0n) is 28.1. The van der Waals surface area contributed by atoms with Crippen LogP contribution >= 0.6 is 0 Å². The van der Waals surface area contributed by atoms with Gasteiger partial charge in [-0.15, -0.1) is 0 Å². The van der Waals surface area contributed by atoms with Crippen LogP contribution in [0.25, 0.3) is 0 Å². The lowest BCUT2D eigenvalue weighted by Crippen LogP contribution is -2.55.